The molecular formula is C19H19F3N2O4. The van der Waals surface area contributed by atoms with Gasteiger partial charge in [0.1, 0.15) is 23.2 Å². The van der Waals surface area contributed by atoms with Gasteiger partial charge in [-0.15, -0.1) is 0 Å². The molecule has 1 saturated heterocycles. The smallest absolute Gasteiger partial charge is 0.420 e. The van der Waals surface area contributed by atoms with Gasteiger partial charge >= 0.3 is 6.18 Å². The highest BCUT2D eigenvalue weighted by Crippen LogP contribution is 2.36. The van der Waals surface area contributed by atoms with Crippen LogP contribution >= 0.6 is 0 Å². The lowest BCUT2D eigenvalue weighted by Crippen LogP contribution is -2.34. The second-order valence-electron chi connectivity index (χ2n) is 6.33. The Hall–Kier alpha value is -2.81. The minimum Gasteiger partial charge on any atom is -0.486 e. The van der Waals surface area contributed by atoms with Crippen LogP contribution < -0.4 is 9.47 Å². The van der Waals surface area contributed by atoms with Gasteiger partial charge in [0.25, 0.3) is 5.91 Å². The number of carbonyl (C=O) groups is 1. The Morgan fingerprint density at radius 2 is 2.00 bits per heavy atom. The van der Waals surface area contributed by atoms with Gasteiger partial charge in [-0.1, -0.05) is 12.1 Å². The van der Waals surface area contributed by atoms with Crippen LogP contribution in [0.3, 0.4) is 0 Å². The van der Waals surface area contributed by atoms with Gasteiger partial charge < -0.3 is 19.5 Å². The van der Waals surface area contributed by atoms with Crippen LogP contribution in [0.2, 0.25) is 0 Å². The van der Waals surface area contributed by atoms with Crippen molar-refractivity contribution >= 4 is 5.91 Å². The quantitative estimate of drug-likeness (QED) is 0.813. The van der Waals surface area contributed by atoms with Crippen LogP contribution in [0.15, 0.2) is 42.7 Å². The maximum atomic E-state index is 13.0. The molecule has 1 atom stereocenters. The number of nitrogens with zero attached hydrogens (tertiary/aromatic N) is 2. The molecule has 1 aliphatic heterocycles. The Morgan fingerprint density at radius 3 is 2.68 bits per heavy atom. The van der Waals surface area contributed by atoms with Crippen LogP contribution in [0, 0.1) is 0 Å². The molecule has 1 aromatic heterocycles. The summed E-state index contributed by atoms with van der Waals surface area (Å²) in [6.45, 7) is 0.281. The van der Waals surface area contributed by atoms with Gasteiger partial charge in [0.2, 0.25) is 0 Å². The fourth-order valence-corrected chi connectivity index (χ4v) is 2.87. The van der Waals surface area contributed by atoms with E-state index in [2.05, 4.69) is 4.98 Å². The van der Waals surface area contributed by atoms with E-state index in [0.29, 0.717) is 18.7 Å². The van der Waals surface area contributed by atoms with Gasteiger partial charge in [0, 0.05) is 19.2 Å². The van der Waals surface area contributed by atoms with Crippen molar-refractivity contribution in [3.05, 3.63) is 53.9 Å². The second-order valence-corrected chi connectivity index (χ2v) is 6.33. The molecule has 1 N–H and O–H groups in total. The Bertz CT molecular complexity index is 812. The van der Waals surface area contributed by atoms with Gasteiger partial charge in [-0.05, 0) is 23.8 Å². The first-order valence-electron chi connectivity index (χ1n) is 8.65. The van der Waals surface area contributed by atoms with E-state index in [1.54, 1.807) is 24.3 Å². The number of carbonyl (C=O) groups excluding carboxylic acids is 1. The van der Waals surface area contributed by atoms with Crippen LogP contribution in [-0.4, -0.2) is 46.7 Å². The zero-order valence-electron chi connectivity index (χ0n) is 14.9. The fraction of sp³-hybridized carbons (Fsp3) is 0.368. The number of pyridine rings is 1. The second kappa shape index (κ2) is 8.47. The fourth-order valence-electron chi connectivity index (χ4n) is 2.87. The van der Waals surface area contributed by atoms with Crippen molar-refractivity contribution in [1.29, 1.82) is 0 Å². The van der Waals surface area contributed by atoms with E-state index in [1.807, 2.05) is 0 Å². The number of hydrogen-bond acceptors (Lipinski definition) is 5. The van der Waals surface area contributed by atoms with Crippen molar-refractivity contribution in [2.75, 3.05) is 19.7 Å². The van der Waals surface area contributed by atoms with E-state index in [1.165, 1.54) is 4.90 Å². The molecule has 0 spiro atoms. The number of amides is 1. The van der Waals surface area contributed by atoms with Crippen LogP contribution in [0.4, 0.5) is 13.2 Å². The molecule has 28 heavy (non-hydrogen) atoms. The molecule has 0 bridgehead atoms. The maximum absolute atomic E-state index is 13.0. The molecule has 1 amide bonds. The number of halogens is 3. The number of aromatic nitrogens is 1. The first-order chi connectivity index (χ1) is 13.4. The van der Waals surface area contributed by atoms with Gasteiger partial charge in [0.05, 0.1) is 19.3 Å². The summed E-state index contributed by atoms with van der Waals surface area (Å²) in [6.07, 6.45) is -2.57. The third-order valence-corrected chi connectivity index (χ3v) is 4.35. The number of alkyl halides is 3. The zero-order valence-corrected chi connectivity index (χ0v) is 14.9. The van der Waals surface area contributed by atoms with E-state index >= 15 is 0 Å². The number of rotatable bonds is 6. The summed E-state index contributed by atoms with van der Waals surface area (Å²) in [5, 5.41) is 9.00. The molecule has 9 heteroatoms. The third kappa shape index (κ3) is 4.92. The molecule has 1 aromatic carbocycles. The van der Waals surface area contributed by atoms with Gasteiger partial charge in [-0.25, -0.2) is 0 Å². The summed E-state index contributed by atoms with van der Waals surface area (Å²) < 4.78 is 50.0. The van der Waals surface area contributed by atoms with Gasteiger partial charge in [0.15, 0.2) is 6.61 Å². The van der Waals surface area contributed by atoms with Gasteiger partial charge in [-0.2, -0.15) is 13.2 Å². The number of aliphatic hydroxyl groups is 1. The Labute approximate surface area is 159 Å². The highest BCUT2D eigenvalue weighted by Gasteiger charge is 2.36. The molecule has 1 unspecified atom stereocenters. The Kier molecular flexibility index (Phi) is 6.03. The number of likely N-dealkylation sites (tertiary alicyclic amines) is 1. The summed E-state index contributed by atoms with van der Waals surface area (Å²) >= 11 is 0. The minimum atomic E-state index is -4.54. The van der Waals surface area contributed by atoms with Crippen molar-refractivity contribution in [2.24, 2.45) is 0 Å². The average Bonchev–Trinajstić information content (AvgIpc) is 3.14. The number of hydrogen-bond donors (Lipinski definition) is 1. The summed E-state index contributed by atoms with van der Waals surface area (Å²) in [7, 11) is 0. The van der Waals surface area contributed by atoms with Crippen molar-refractivity contribution in [2.45, 2.75) is 25.3 Å². The molecule has 1 aliphatic rings. The first kappa shape index (κ1) is 19.9. The monoisotopic (exact) mass is 396 g/mol. The molecule has 0 radical (unpaired) electrons. The van der Waals surface area contributed by atoms with Crippen molar-refractivity contribution < 1.29 is 32.5 Å². The predicted octanol–water partition coefficient (Wildman–Crippen LogP) is 2.65. The molecule has 150 valence electrons. The molecule has 1 fully saturated rings. The van der Waals surface area contributed by atoms with E-state index in [4.69, 9.17) is 14.6 Å². The number of ether oxygens (including phenoxy) is 2. The highest BCUT2D eigenvalue weighted by molar-refractivity contribution is 5.78. The Balaban J connectivity index is 1.53. The molecule has 0 saturated carbocycles. The van der Waals surface area contributed by atoms with Crippen LogP contribution in [0.5, 0.6) is 11.5 Å². The molecule has 3 rings (SSSR count). The lowest BCUT2D eigenvalue weighted by Gasteiger charge is -2.19. The normalized spacial score (nSPS) is 16.9. The average molecular weight is 396 g/mol. The lowest BCUT2D eigenvalue weighted by molar-refractivity contribution is -0.139. The maximum Gasteiger partial charge on any atom is 0.420 e. The van der Waals surface area contributed by atoms with Gasteiger partial charge in [-0.3, -0.25) is 9.78 Å². The van der Waals surface area contributed by atoms with Crippen LogP contribution in [0.25, 0.3) is 0 Å². The summed E-state index contributed by atoms with van der Waals surface area (Å²) in [6, 6.07) is 7.53. The third-order valence-electron chi connectivity index (χ3n) is 4.35. The van der Waals surface area contributed by atoms with Crippen molar-refractivity contribution in [3.8, 4) is 11.5 Å². The molecule has 2 aromatic rings. The van der Waals surface area contributed by atoms with Crippen LogP contribution in [0.1, 0.15) is 17.5 Å². The number of benzene rings is 1. The van der Waals surface area contributed by atoms with Crippen molar-refractivity contribution in [1.82, 2.24) is 9.88 Å². The Morgan fingerprint density at radius 1 is 1.25 bits per heavy atom. The van der Waals surface area contributed by atoms with E-state index in [9.17, 15) is 18.0 Å². The first-order valence-corrected chi connectivity index (χ1v) is 8.65. The molecular weight excluding hydrogens is 377 g/mol. The minimum absolute atomic E-state index is 0.0820. The topological polar surface area (TPSA) is 71.9 Å². The summed E-state index contributed by atoms with van der Waals surface area (Å²) in [5.74, 6) is -0.128. The zero-order chi connectivity index (χ0) is 20.1. The van der Waals surface area contributed by atoms with E-state index in [-0.39, 0.29) is 31.4 Å². The standard InChI is InChI=1S/C19H19F3N2O4/c20-19(21,22)16-5-7-23-9-17(16)28-15-6-8-24(10-15)18(26)12-27-14-3-1-13(11-25)2-4-14/h1-5,7,9,15,25H,6,8,10-12H2. The SMILES string of the molecule is O=C(COc1ccc(CO)cc1)N1CCC(Oc2cnccc2C(F)(F)F)C1. The molecule has 0 aliphatic carbocycles. The molecule has 6 nitrogen and oxygen atoms in total. The summed E-state index contributed by atoms with van der Waals surface area (Å²) in [4.78, 5) is 17.5. The summed E-state index contributed by atoms with van der Waals surface area (Å²) in [5.41, 5.74) is -0.159. The number of aliphatic hydroxyl groups excluding tert-OH is 1. The van der Waals surface area contributed by atoms with E-state index in [0.717, 1.165) is 24.0 Å². The highest BCUT2D eigenvalue weighted by atomic mass is 19.4. The van der Waals surface area contributed by atoms with Crippen molar-refractivity contribution in [3.63, 3.8) is 0 Å². The van der Waals surface area contributed by atoms with Crippen LogP contribution in [-0.2, 0) is 17.6 Å². The lowest BCUT2D eigenvalue weighted by atomic mass is 10.2. The molecule has 2 heterocycles. The van der Waals surface area contributed by atoms with E-state index < -0.39 is 17.8 Å². The predicted molar refractivity (Wildman–Crippen MR) is 92.7 cm³/mol. The largest absolute Gasteiger partial charge is 0.486 e.